The van der Waals surface area contributed by atoms with Gasteiger partial charge >= 0.3 is 6.43 Å². The summed E-state index contributed by atoms with van der Waals surface area (Å²) in [6.07, 6.45) is 4.05. The molecule has 3 rings (SSSR count). The Bertz CT molecular complexity index is 793. The van der Waals surface area contributed by atoms with Gasteiger partial charge in [-0.05, 0) is 49.3 Å². The van der Waals surface area contributed by atoms with E-state index in [4.69, 9.17) is 0 Å². The maximum absolute atomic E-state index is 13.0. The van der Waals surface area contributed by atoms with E-state index in [9.17, 15) is 23.2 Å². The highest BCUT2D eigenvalue weighted by Gasteiger charge is 2.31. The molecule has 170 valence electrons. The largest absolute Gasteiger partial charge is 0.342 e. The number of carbonyl (C=O) groups is 3. The molecule has 2 atom stereocenters. The second-order valence-electron chi connectivity index (χ2n) is 8.72. The van der Waals surface area contributed by atoms with Crippen molar-refractivity contribution in [2.75, 3.05) is 13.1 Å². The van der Waals surface area contributed by atoms with Crippen LogP contribution < -0.4 is 5.32 Å². The number of piperidine rings is 1. The second kappa shape index (κ2) is 10.8. The molecule has 1 N–H and O–H groups in total. The van der Waals surface area contributed by atoms with Crippen LogP contribution >= 0.6 is 0 Å². The zero-order valence-electron chi connectivity index (χ0n) is 18.1. The summed E-state index contributed by atoms with van der Waals surface area (Å²) in [4.78, 5) is 38.4. The predicted molar refractivity (Wildman–Crippen MR) is 114 cm³/mol. The first kappa shape index (κ1) is 23.4. The van der Waals surface area contributed by atoms with Crippen LogP contribution in [0, 0.1) is 5.92 Å². The molecule has 1 aromatic rings. The van der Waals surface area contributed by atoms with E-state index in [1.807, 2.05) is 13.0 Å². The Morgan fingerprint density at radius 1 is 1.10 bits per heavy atom. The zero-order valence-corrected chi connectivity index (χ0v) is 18.1. The molecule has 1 heterocycles. The maximum Gasteiger partial charge on any atom is 0.315 e. The van der Waals surface area contributed by atoms with E-state index in [2.05, 4.69) is 5.32 Å². The van der Waals surface area contributed by atoms with Crippen LogP contribution in [0.2, 0.25) is 0 Å². The fourth-order valence-electron chi connectivity index (χ4n) is 4.89. The van der Waals surface area contributed by atoms with Gasteiger partial charge in [-0.2, -0.15) is 8.78 Å². The van der Waals surface area contributed by atoms with Crippen molar-refractivity contribution in [1.82, 2.24) is 10.2 Å². The molecule has 1 aliphatic carbocycles. The highest BCUT2D eigenvalue weighted by molar-refractivity contribution is 5.98. The lowest BCUT2D eigenvalue weighted by molar-refractivity contribution is -0.144. The number of Topliss-reactive ketones (excluding diaryl/α,β-unsaturated/α-hetero) is 1. The number of halogens is 2. The normalized spacial score (nSPS) is 21.0. The molecular formula is C24H32F2N2O3. The first-order chi connectivity index (χ1) is 14.9. The number of benzene rings is 1. The van der Waals surface area contributed by atoms with Crippen LogP contribution in [0.4, 0.5) is 8.78 Å². The molecule has 0 spiro atoms. The van der Waals surface area contributed by atoms with E-state index < -0.39 is 18.4 Å². The smallest absolute Gasteiger partial charge is 0.315 e. The molecule has 2 aliphatic rings. The van der Waals surface area contributed by atoms with Crippen molar-refractivity contribution < 1.29 is 23.2 Å². The van der Waals surface area contributed by atoms with Gasteiger partial charge in [0.05, 0.1) is 6.04 Å². The molecule has 5 nitrogen and oxygen atoms in total. The second-order valence-corrected chi connectivity index (χ2v) is 8.72. The quantitative estimate of drug-likeness (QED) is 0.695. The molecule has 1 aromatic carbocycles. The lowest BCUT2D eigenvalue weighted by Crippen LogP contribution is -2.46. The standard InChI is InChI=1S/C24H32F2N2O3/c1-2-20(29)21(16-8-4-3-5-9-16)27-23(30)18-11-6-10-17(14-18)19-12-7-13-28(15-19)24(31)22(25)26/h6,10-11,14,16,19,21-22H,2-5,7-9,12-13,15H2,1H3,(H,27,30)/t19?,21-/m1/s1. The van der Waals surface area contributed by atoms with Gasteiger partial charge in [-0.3, -0.25) is 14.4 Å². The Labute approximate surface area is 182 Å². The highest BCUT2D eigenvalue weighted by atomic mass is 19.3. The van der Waals surface area contributed by atoms with Crippen molar-refractivity contribution in [1.29, 1.82) is 0 Å². The van der Waals surface area contributed by atoms with E-state index in [-0.39, 0.29) is 30.1 Å². The maximum atomic E-state index is 13.0. The van der Waals surface area contributed by atoms with Crippen molar-refractivity contribution in [3.63, 3.8) is 0 Å². The topological polar surface area (TPSA) is 66.5 Å². The van der Waals surface area contributed by atoms with Gasteiger partial charge in [-0.1, -0.05) is 38.3 Å². The van der Waals surface area contributed by atoms with Gasteiger partial charge in [-0.15, -0.1) is 0 Å². The highest BCUT2D eigenvalue weighted by Crippen LogP contribution is 2.29. The molecule has 0 bridgehead atoms. The molecule has 1 saturated heterocycles. The van der Waals surface area contributed by atoms with E-state index >= 15 is 0 Å². The van der Waals surface area contributed by atoms with Gasteiger partial charge < -0.3 is 10.2 Å². The molecule has 1 aliphatic heterocycles. The Kier molecular flexibility index (Phi) is 8.15. The molecule has 0 aromatic heterocycles. The fraction of sp³-hybridized carbons (Fsp3) is 0.625. The summed E-state index contributed by atoms with van der Waals surface area (Å²) in [6.45, 7) is 2.38. The third-order valence-corrected chi connectivity index (χ3v) is 6.64. The number of amides is 2. The Hall–Kier alpha value is -2.31. The van der Waals surface area contributed by atoms with Gasteiger partial charge in [-0.25, -0.2) is 0 Å². The Morgan fingerprint density at radius 3 is 2.52 bits per heavy atom. The number of nitrogens with one attached hydrogen (secondary N) is 1. The first-order valence-electron chi connectivity index (χ1n) is 11.4. The van der Waals surface area contributed by atoms with Crippen LogP contribution in [0.5, 0.6) is 0 Å². The van der Waals surface area contributed by atoms with Crippen molar-refractivity contribution in [2.24, 2.45) is 5.92 Å². The minimum absolute atomic E-state index is 0.0600. The van der Waals surface area contributed by atoms with Crippen LogP contribution in [0.25, 0.3) is 0 Å². The first-order valence-corrected chi connectivity index (χ1v) is 11.4. The Morgan fingerprint density at radius 2 is 1.84 bits per heavy atom. The summed E-state index contributed by atoms with van der Waals surface area (Å²) >= 11 is 0. The van der Waals surface area contributed by atoms with Crippen LogP contribution in [-0.2, 0) is 9.59 Å². The van der Waals surface area contributed by atoms with Crippen molar-refractivity contribution in [3.05, 3.63) is 35.4 Å². The summed E-state index contributed by atoms with van der Waals surface area (Å²) in [5.41, 5.74) is 1.31. The van der Waals surface area contributed by atoms with Gasteiger partial charge in [0.25, 0.3) is 11.8 Å². The summed E-state index contributed by atoms with van der Waals surface area (Å²) in [7, 11) is 0. The average Bonchev–Trinajstić information content (AvgIpc) is 2.82. The number of hydrogen-bond acceptors (Lipinski definition) is 3. The molecule has 7 heteroatoms. The van der Waals surface area contributed by atoms with Gasteiger partial charge in [0.2, 0.25) is 0 Å². The van der Waals surface area contributed by atoms with Crippen molar-refractivity contribution >= 4 is 17.6 Å². The zero-order chi connectivity index (χ0) is 22.4. The number of alkyl halides is 2. The number of likely N-dealkylation sites (tertiary alicyclic amines) is 1. The van der Waals surface area contributed by atoms with Crippen molar-refractivity contribution in [3.8, 4) is 0 Å². The molecule has 0 radical (unpaired) electrons. The molecular weight excluding hydrogens is 402 g/mol. The number of hydrogen-bond donors (Lipinski definition) is 1. The van der Waals surface area contributed by atoms with Crippen LogP contribution in [0.1, 0.15) is 80.1 Å². The summed E-state index contributed by atoms with van der Waals surface area (Å²) in [5, 5.41) is 2.97. The number of carbonyl (C=O) groups excluding carboxylic acids is 3. The summed E-state index contributed by atoms with van der Waals surface area (Å²) in [5.74, 6) is -1.26. The van der Waals surface area contributed by atoms with Crippen molar-refractivity contribution in [2.45, 2.75) is 76.7 Å². The monoisotopic (exact) mass is 434 g/mol. The minimum atomic E-state index is -3.00. The minimum Gasteiger partial charge on any atom is -0.342 e. The van der Waals surface area contributed by atoms with Crippen LogP contribution in [-0.4, -0.2) is 48.1 Å². The SMILES string of the molecule is CCC(=O)[C@H](NC(=O)c1cccc(C2CCCN(C(=O)C(F)F)C2)c1)C1CCCCC1. The van der Waals surface area contributed by atoms with E-state index in [1.165, 1.54) is 11.3 Å². The van der Waals surface area contributed by atoms with E-state index in [0.717, 1.165) is 37.7 Å². The third kappa shape index (κ3) is 5.89. The molecule has 1 saturated carbocycles. The van der Waals surface area contributed by atoms with Gasteiger partial charge in [0.15, 0.2) is 5.78 Å². The van der Waals surface area contributed by atoms with Crippen LogP contribution in [0.15, 0.2) is 24.3 Å². The number of rotatable bonds is 7. The van der Waals surface area contributed by atoms with E-state index in [1.54, 1.807) is 18.2 Å². The Balaban J connectivity index is 1.71. The van der Waals surface area contributed by atoms with Crippen LogP contribution in [0.3, 0.4) is 0 Å². The average molecular weight is 435 g/mol. The van der Waals surface area contributed by atoms with Gasteiger partial charge in [0.1, 0.15) is 0 Å². The summed E-state index contributed by atoms with van der Waals surface area (Å²) in [6, 6.07) is 6.65. The number of nitrogens with zero attached hydrogens (tertiary/aromatic N) is 1. The molecule has 1 unspecified atom stereocenters. The molecule has 31 heavy (non-hydrogen) atoms. The lowest BCUT2D eigenvalue weighted by Gasteiger charge is -2.33. The molecule has 2 amide bonds. The van der Waals surface area contributed by atoms with E-state index in [0.29, 0.717) is 24.9 Å². The predicted octanol–water partition coefficient (Wildman–Crippen LogP) is 4.32. The lowest BCUT2D eigenvalue weighted by atomic mass is 9.81. The fourth-order valence-corrected chi connectivity index (χ4v) is 4.89. The number of ketones is 1. The summed E-state index contributed by atoms with van der Waals surface area (Å²) < 4.78 is 25.6. The third-order valence-electron chi connectivity index (χ3n) is 6.64. The molecule has 2 fully saturated rings. The van der Waals surface area contributed by atoms with Gasteiger partial charge in [0, 0.05) is 31.0 Å².